The number of carbonyl (C=O) groups excluding carboxylic acids is 1. The van der Waals surface area contributed by atoms with Crippen molar-refractivity contribution in [3.63, 3.8) is 0 Å². The quantitative estimate of drug-likeness (QED) is 0.433. The average Bonchev–Trinajstić information content (AvgIpc) is 2.30. The Morgan fingerprint density at radius 1 is 1.44 bits per heavy atom. The molecule has 0 aliphatic heterocycles. The summed E-state index contributed by atoms with van der Waals surface area (Å²) in [6.07, 6.45) is 3.88. The van der Waals surface area contributed by atoms with Crippen LogP contribution in [0.4, 0.5) is 5.69 Å². The summed E-state index contributed by atoms with van der Waals surface area (Å²) in [6.45, 7) is 2.74. The minimum Gasteiger partial charge on any atom is -0.384 e. The van der Waals surface area contributed by atoms with Gasteiger partial charge in [0.05, 0.1) is 0 Å². The van der Waals surface area contributed by atoms with Crippen molar-refractivity contribution < 1.29 is 4.79 Å². The molecule has 0 aliphatic carbocycles. The summed E-state index contributed by atoms with van der Waals surface area (Å²) in [5, 5.41) is 7.26. The van der Waals surface area contributed by atoms with Gasteiger partial charge >= 0.3 is 6.41 Å². The van der Waals surface area contributed by atoms with Gasteiger partial charge in [-0.25, -0.2) is 0 Å². The maximum atomic E-state index is 10.8. The monoisotopic (exact) mass is 218 g/mol. The van der Waals surface area contributed by atoms with Crippen LogP contribution in [0, 0.1) is 5.41 Å². The predicted molar refractivity (Wildman–Crippen MR) is 65.4 cm³/mol. The van der Waals surface area contributed by atoms with Gasteiger partial charge in [0.1, 0.15) is 5.84 Å². The molecule has 0 bridgehead atoms. The summed E-state index contributed by atoms with van der Waals surface area (Å²) in [6, 6.07) is 7.01. The Morgan fingerprint density at radius 2 is 2.06 bits per heavy atom. The van der Waals surface area contributed by atoms with E-state index < -0.39 is 0 Å². The molecule has 16 heavy (non-hydrogen) atoms. The van der Waals surface area contributed by atoms with E-state index in [1.165, 1.54) is 4.90 Å². The number of unbranched alkanes of at least 4 members (excludes halogenated alkanes) is 1. The standard InChI is InChI=1S/C12H16N3O/c1-2-3-8-15(9-16)11-6-4-10(5-7-11)12(13)14/h4-7H,2-3,8H2,1H3,(H3,13,14). The van der Waals surface area contributed by atoms with Crippen LogP contribution < -0.4 is 10.6 Å². The molecule has 85 valence electrons. The first-order valence-corrected chi connectivity index (χ1v) is 5.28. The molecule has 0 atom stereocenters. The second-order valence-electron chi connectivity index (χ2n) is 3.56. The SMILES string of the molecule is CCCCN([C]=O)c1ccc(C(=N)N)cc1. The number of amides is 1. The van der Waals surface area contributed by atoms with E-state index in [9.17, 15) is 4.79 Å². The van der Waals surface area contributed by atoms with E-state index in [4.69, 9.17) is 11.1 Å². The molecule has 0 spiro atoms. The zero-order valence-corrected chi connectivity index (χ0v) is 9.36. The lowest BCUT2D eigenvalue weighted by atomic mass is 10.2. The van der Waals surface area contributed by atoms with Crippen LogP contribution in [0.25, 0.3) is 0 Å². The Morgan fingerprint density at radius 3 is 2.50 bits per heavy atom. The molecule has 1 rings (SSSR count). The van der Waals surface area contributed by atoms with Gasteiger partial charge < -0.3 is 10.6 Å². The topological polar surface area (TPSA) is 70.2 Å². The van der Waals surface area contributed by atoms with E-state index in [1.807, 2.05) is 6.41 Å². The summed E-state index contributed by atoms with van der Waals surface area (Å²) >= 11 is 0. The molecular formula is C12H16N3O. The zero-order chi connectivity index (χ0) is 12.0. The van der Waals surface area contributed by atoms with Crippen molar-refractivity contribution in [3.05, 3.63) is 29.8 Å². The van der Waals surface area contributed by atoms with Crippen molar-refractivity contribution >= 4 is 17.9 Å². The smallest absolute Gasteiger partial charge is 0.316 e. The van der Waals surface area contributed by atoms with Crippen molar-refractivity contribution in [2.24, 2.45) is 5.73 Å². The highest BCUT2D eigenvalue weighted by Crippen LogP contribution is 2.14. The number of nitrogens with zero attached hydrogens (tertiary/aromatic N) is 1. The lowest BCUT2D eigenvalue weighted by Crippen LogP contribution is -2.22. The molecular weight excluding hydrogens is 202 g/mol. The van der Waals surface area contributed by atoms with Gasteiger partial charge in [0, 0.05) is 17.8 Å². The second kappa shape index (κ2) is 5.90. The number of amidine groups is 1. The first-order chi connectivity index (χ1) is 7.69. The largest absolute Gasteiger partial charge is 0.384 e. The van der Waals surface area contributed by atoms with E-state index in [1.54, 1.807) is 24.3 Å². The van der Waals surface area contributed by atoms with Crippen LogP contribution in [0.5, 0.6) is 0 Å². The molecule has 0 heterocycles. The number of nitrogen functional groups attached to an aromatic ring is 1. The Bertz CT molecular complexity index is 359. The van der Waals surface area contributed by atoms with E-state index >= 15 is 0 Å². The van der Waals surface area contributed by atoms with Crippen molar-refractivity contribution in [1.82, 2.24) is 0 Å². The molecule has 0 saturated heterocycles. The van der Waals surface area contributed by atoms with Crippen molar-refractivity contribution in [3.8, 4) is 0 Å². The fourth-order valence-electron chi connectivity index (χ4n) is 1.36. The van der Waals surface area contributed by atoms with E-state index in [-0.39, 0.29) is 5.84 Å². The van der Waals surface area contributed by atoms with Crippen LogP contribution >= 0.6 is 0 Å². The van der Waals surface area contributed by atoms with Crippen molar-refractivity contribution in [2.45, 2.75) is 19.8 Å². The Balaban J connectivity index is 2.78. The second-order valence-corrected chi connectivity index (χ2v) is 3.56. The van der Waals surface area contributed by atoms with E-state index in [0.29, 0.717) is 12.1 Å². The lowest BCUT2D eigenvalue weighted by molar-refractivity contribution is 0.549. The van der Waals surface area contributed by atoms with Crippen LogP contribution in [0.2, 0.25) is 0 Å². The van der Waals surface area contributed by atoms with Crippen LogP contribution in [-0.2, 0) is 4.79 Å². The van der Waals surface area contributed by atoms with Gasteiger partial charge in [-0.1, -0.05) is 13.3 Å². The fraction of sp³-hybridized carbons (Fsp3) is 0.333. The van der Waals surface area contributed by atoms with Crippen LogP contribution in [-0.4, -0.2) is 18.8 Å². The summed E-state index contributed by atoms with van der Waals surface area (Å²) in [4.78, 5) is 12.3. The van der Waals surface area contributed by atoms with Gasteiger partial charge in [0.25, 0.3) is 0 Å². The molecule has 0 aliphatic rings. The first-order valence-electron chi connectivity index (χ1n) is 5.28. The number of hydrogen-bond acceptors (Lipinski definition) is 2. The lowest BCUT2D eigenvalue weighted by Gasteiger charge is -2.16. The maximum Gasteiger partial charge on any atom is 0.316 e. The van der Waals surface area contributed by atoms with Crippen molar-refractivity contribution in [1.29, 1.82) is 5.41 Å². The highest BCUT2D eigenvalue weighted by molar-refractivity contribution is 5.95. The summed E-state index contributed by atoms with van der Waals surface area (Å²) < 4.78 is 0. The number of benzene rings is 1. The predicted octanol–water partition coefficient (Wildman–Crippen LogP) is 1.64. The Kier molecular flexibility index (Phi) is 4.51. The molecule has 1 aromatic rings. The molecule has 0 unspecified atom stereocenters. The summed E-state index contributed by atoms with van der Waals surface area (Å²) in [5.41, 5.74) is 6.79. The molecule has 0 saturated carbocycles. The molecule has 4 heteroatoms. The number of anilines is 1. The summed E-state index contributed by atoms with van der Waals surface area (Å²) in [5.74, 6) is 0.0294. The van der Waals surface area contributed by atoms with Gasteiger partial charge in [-0.2, -0.15) is 0 Å². The molecule has 3 N–H and O–H groups in total. The van der Waals surface area contributed by atoms with Gasteiger partial charge in [-0.15, -0.1) is 0 Å². The van der Waals surface area contributed by atoms with E-state index in [0.717, 1.165) is 18.5 Å². The Labute approximate surface area is 95.6 Å². The number of hydrogen-bond donors (Lipinski definition) is 2. The number of nitrogens with one attached hydrogen (secondary N) is 1. The van der Waals surface area contributed by atoms with Gasteiger partial charge in [-0.05, 0) is 30.7 Å². The fourth-order valence-corrected chi connectivity index (χ4v) is 1.36. The maximum absolute atomic E-state index is 10.8. The average molecular weight is 218 g/mol. The Hall–Kier alpha value is -1.84. The third-order valence-electron chi connectivity index (χ3n) is 2.34. The van der Waals surface area contributed by atoms with Crippen LogP contribution in [0.1, 0.15) is 25.3 Å². The van der Waals surface area contributed by atoms with Gasteiger partial charge in [0.15, 0.2) is 0 Å². The van der Waals surface area contributed by atoms with Gasteiger partial charge in [0.2, 0.25) is 0 Å². The molecule has 4 nitrogen and oxygen atoms in total. The third-order valence-corrected chi connectivity index (χ3v) is 2.34. The van der Waals surface area contributed by atoms with Crippen LogP contribution in [0.3, 0.4) is 0 Å². The normalized spacial score (nSPS) is 9.81. The minimum atomic E-state index is 0.0294. The van der Waals surface area contributed by atoms with Gasteiger partial charge in [-0.3, -0.25) is 10.2 Å². The summed E-state index contributed by atoms with van der Waals surface area (Å²) in [7, 11) is 0. The number of nitrogens with two attached hydrogens (primary N) is 1. The molecule has 0 fully saturated rings. The van der Waals surface area contributed by atoms with Crippen molar-refractivity contribution in [2.75, 3.05) is 11.4 Å². The highest BCUT2D eigenvalue weighted by atomic mass is 16.1. The molecule has 1 aromatic carbocycles. The highest BCUT2D eigenvalue weighted by Gasteiger charge is 2.05. The molecule has 0 aromatic heterocycles. The minimum absolute atomic E-state index is 0.0294. The molecule has 1 amide bonds. The third kappa shape index (κ3) is 3.08. The van der Waals surface area contributed by atoms with E-state index in [2.05, 4.69) is 6.92 Å². The van der Waals surface area contributed by atoms with Crippen LogP contribution in [0.15, 0.2) is 24.3 Å². The number of rotatable bonds is 6. The first kappa shape index (κ1) is 12.2. The zero-order valence-electron chi connectivity index (χ0n) is 9.36. The molecule has 1 radical (unpaired) electrons.